The smallest absolute Gasteiger partial charge is 0.190 e. The summed E-state index contributed by atoms with van der Waals surface area (Å²) in [6.07, 6.45) is 2.20. The molecular weight excluding hydrogens is 454 g/mol. The van der Waals surface area contributed by atoms with Gasteiger partial charge in [0.2, 0.25) is 0 Å². The Kier molecular flexibility index (Phi) is 7.72. The van der Waals surface area contributed by atoms with Gasteiger partial charge >= 0.3 is 0 Å². The third-order valence-corrected chi connectivity index (χ3v) is 7.83. The van der Waals surface area contributed by atoms with Gasteiger partial charge in [0.05, 0.1) is 18.1 Å². The van der Waals surface area contributed by atoms with Gasteiger partial charge in [0.25, 0.3) is 0 Å². The molecule has 1 aliphatic rings. The van der Waals surface area contributed by atoms with Crippen molar-refractivity contribution in [2.45, 2.75) is 44.0 Å². The van der Waals surface area contributed by atoms with Gasteiger partial charge in [0.1, 0.15) is 17.4 Å². The van der Waals surface area contributed by atoms with Crippen LogP contribution in [0.15, 0.2) is 29.4 Å². The Morgan fingerprint density at radius 1 is 1.18 bits per heavy atom. The van der Waals surface area contributed by atoms with Crippen molar-refractivity contribution in [1.82, 2.24) is 19.9 Å². The van der Waals surface area contributed by atoms with E-state index in [0.29, 0.717) is 17.6 Å². The molecule has 1 atom stereocenters. The molecule has 0 spiro atoms. The molecule has 0 aliphatic carbocycles. The largest absolute Gasteiger partial charge is 0.493 e. The highest BCUT2D eigenvalue weighted by atomic mass is 32.2. The lowest BCUT2D eigenvalue weighted by molar-refractivity contribution is 0.145. The zero-order valence-electron chi connectivity index (χ0n) is 19.6. The number of ether oxygens (including phenoxy) is 2. The Morgan fingerprint density at radius 2 is 2.00 bits per heavy atom. The number of likely N-dealkylation sites (tertiary alicyclic amines) is 1. The molecule has 0 unspecified atom stereocenters. The van der Waals surface area contributed by atoms with Crippen molar-refractivity contribution < 1.29 is 9.47 Å². The summed E-state index contributed by atoms with van der Waals surface area (Å²) in [5.74, 6) is 2.00. The molecule has 2 N–H and O–H groups in total. The van der Waals surface area contributed by atoms with E-state index in [9.17, 15) is 0 Å². The highest BCUT2D eigenvalue weighted by molar-refractivity contribution is 7.99. The highest BCUT2D eigenvalue weighted by Crippen LogP contribution is 2.40. The summed E-state index contributed by atoms with van der Waals surface area (Å²) in [5, 5.41) is 1.77. The number of hydrogen-bond donors (Lipinski definition) is 1. The van der Waals surface area contributed by atoms with Gasteiger partial charge < -0.3 is 15.2 Å². The van der Waals surface area contributed by atoms with Crippen LogP contribution in [0.2, 0.25) is 0 Å². The lowest BCUT2D eigenvalue weighted by Gasteiger charge is -2.30. The molecule has 0 radical (unpaired) electrons. The number of thioether (sulfide) groups is 1. The van der Waals surface area contributed by atoms with Crippen molar-refractivity contribution in [1.29, 1.82) is 0 Å². The number of nitrogens with zero attached hydrogens (tertiary/aromatic N) is 4. The van der Waals surface area contributed by atoms with Crippen molar-refractivity contribution in [3.05, 3.63) is 40.5 Å². The monoisotopic (exact) mass is 485 g/mol. The lowest BCUT2D eigenvalue weighted by atomic mass is 10.2. The Bertz CT molecular complexity index is 1080. The van der Waals surface area contributed by atoms with E-state index in [-0.39, 0.29) is 5.25 Å². The van der Waals surface area contributed by atoms with Gasteiger partial charge in [0.15, 0.2) is 16.7 Å². The van der Waals surface area contributed by atoms with Crippen molar-refractivity contribution in [2.24, 2.45) is 0 Å². The minimum atomic E-state index is 0.108. The lowest BCUT2D eigenvalue weighted by Crippen LogP contribution is -2.39. The van der Waals surface area contributed by atoms with E-state index in [1.54, 1.807) is 36.3 Å². The molecular formula is C24H31N5O2S2. The van der Waals surface area contributed by atoms with Gasteiger partial charge in [-0.2, -0.15) is 0 Å². The number of aromatic nitrogens is 3. The minimum absolute atomic E-state index is 0.108. The Morgan fingerprint density at radius 3 is 2.67 bits per heavy atom. The van der Waals surface area contributed by atoms with Crippen LogP contribution in [0.1, 0.15) is 41.8 Å². The number of anilines is 1. The van der Waals surface area contributed by atoms with E-state index in [4.69, 9.17) is 20.2 Å². The minimum Gasteiger partial charge on any atom is -0.493 e. The molecule has 1 fully saturated rings. The number of nitrogen functional groups attached to an aromatic ring is 1. The summed E-state index contributed by atoms with van der Waals surface area (Å²) < 4.78 is 11.6. The number of rotatable bonds is 10. The predicted octanol–water partition coefficient (Wildman–Crippen LogP) is 5.00. The van der Waals surface area contributed by atoms with Crippen LogP contribution < -0.4 is 15.2 Å². The van der Waals surface area contributed by atoms with Gasteiger partial charge in [-0.25, -0.2) is 15.0 Å². The molecule has 33 heavy (non-hydrogen) atoms. The van der Waals surface area contributed by atoms with Gasteiger partial charge in [-0.15, -0.1) is 11.3 Å². The van der Waals surface area contributed by atoms with Crippen LogP contribution in [0, 0.1) is 6.92 Å². The fourth-order valence-electron chi connectivity index (χ4n) is 3.70. The average molecular weight is 486 g/mol. The first-order valence-electron chi connectivity index (χ1n) is 11.3. The maximum absolute atomic E-state index is 6.09. The second-order valence-corrected chi connectivity index (χ2v) is 10.5. The van der Waals surface area contributed by atoms with E-state index in [0.717, 1.165) is 46.4 Å². The number of thiazole rings is 1. The molecule has 7 nitrogen and oxygen atoms in total. The van der Waals surface area contributed by atoms with Crippen LogP contribution in [0.4, 0.5) is 5.82 Å². The molecule has 3 aromatic rings. The second kappa shape index (κ2) is 10.7. The molecule has 1 saturated heterocycles. The number of nitrogens with two attached hydrogens (primary N) is 1. The van der Waals surface area contributed by atoms with Crippen LogP contribution in [0.3, 0.4) is 0 Å². The van der Waals surface area contributed by atoms with Crippen molar-refractivity contribution in [2.75, 3.05) is 39.1 Å². The van der Waals surface area contributed by atoms with Crippen LogP contribution in [0.5, 0.6) is 11.5 Å². The van der Waals surface area contributed by atoms with E-state index < -0.39 is 0 Å². The second-order valence-electron chi connectivity index (χ2n) is 8.07. The molecule has 2 aromatic heterocycles. The third-order valence-electron chi connectivity index (χ3n) is 5.59. The first-order valence-corrected chi connectivity index (χ1v) is 13.0. The predicted molar refractivity (Wildman–Crippen MR) is 135 cm³/mol. The Balaban J connectivity index is 1.54. The zero-order valence-corrected chi connectivity index (χ0v) is 21.3. The summed E-state index contributed by atoms with van der Waals surface area (Å²) >= 11 is 3.31. The van der Waals surface area contributed by atoms with Gasteiger partial charge in [-0.05, 0) is 58.0 Å². The van der Waals surface area contributed by atoms with E-state index >= 15 is 0 Å². The van der Waals surface area contributed by atoms with Gasteiger partial charge in [-0.3, -0.25) is 4.90 Å². The topological polar surface area (TPSA) is 86.4 Å². The fraction of sp³-hybridized carbons (Fsp3) is 0.458. The van der Waals surface area contributed by atoms with Gasteiger partial charge in [0, 0.05) is 28.7 Å². The Labute approximate surface area is 203 Å². The molecule has 4 rings (SSSR count). The standard InChI is InChI=1S/C24H31N5O2S2/c1-5-20-22(16(3)32-24-26-15(2)13-21(25)27-24)28-23(33-20)17-7-8-18(30-4)19(14-17)31-12-11-29-9-6-10-29/h7-8,13-14,16H,5-6,9-12H2,1-4H3,(H2,25,26,27)/t16-/m0/s1. The summed E-state index contributed by atoms with van der Waals surface area (Å²) in [5.41, 5.74) is 8.88. The number of methoxy groups -OCH3 is 1. The van der Waals surface area contributed by atoms with E-state index in [1.807, 2.05) is 25.1 Å². The Hall–Kier alpha value is -2.36. The number of hydrogen-bond acceptors (Lipinski definition) is 9. The molecule has 9 heteroatoms. The fourth-order valence-corrected chi connectivity index (χ4v) is 5.85. The summed E-state index contributed by atoms with van der Waals surface area (Å²) in [4.78, 5) is 17.6. The van der Waals surface area contributed by atoms with Crippen molar-refractivity contribution in [3.63, 3.8) is 0 Å². The molecule has 1 aromatic carbocycles. The summed E-state index contributed by atoms with van der Waals surface area (Å²) in [6.45, 7) is 10.2. The molecule has 3 heterocycles. The first-order chi connectivity index (χ1) is 16.0. The summed E-state index contributed by atoms with van der Waals surface area (Å²) in [6, 6.07) is 7.83. The molecule has 0 amide bonds. The average Bonchev–Trinajstić information content (AvgIpc) is 3.19. The SMILES string of the molecule is CCc1sc(-c2ccc(OC)c(OCCN3CCC3)c2)nc1[C@H](C)Sc1nc(C)cc(N)n1. The zero-order chi connectivity index (χ0) is 23.4. The van der Waals surface area contributed by atoms with E-state index in [2.05, 4.69) is 28.7 Å². The molecule has 1 aliphatic heterocycles. The van der Waals surface area contributed by atoms with Crippen LogP contribution >= 0.6 is 23.1 Å². The molecule has 0 saturated carbocycles. The van der Waals surface area contributed by atoms with E-state index in [1.165, 1.54) is 24.4 Å². The maximum atomic E-state index is 6.09. The molecule has 0 bridgehead atoms. The van der Waals surface area contributed by atoms with Gasteiger partial charge in [-0.1, -0.05) is 18.7 Å². The number of benzene rings is 1. The van der Waals surface area contributed by atoms with Crippen LogP contribution in [-0.2, 0) is 6.42 Å². The highest BCUT2D eigenvalue weighted by Gasteiger charge is 2.20. The number of aryl methyl sites for hydroxylation is 2. The van der Waals surface area contributed by atoms with Crippen LogP contribution in [0.25, 0.3) is 10.6 Å². The normalized spacial score (nSPS) is 14.7. The van der Waals surface area contributed by atoms with Crippen LogP contribution in [-0.4, -0.2) is 53.2 Å². The quantitative estimate of drug-likeness (QED) is 0.317. The maximum Gasteiger partial charge on any atom is 0.190 e. The molecule has 176 valence electrons. The first kappa shape index (κ1) is 23.8. The summed E-state index contributed by atoms with van der Waals surface area (Å²) in [7, 11) is 1.67. The van der Waals surface area contributed by atoms with Crippen molar-refractivity contribution in [3.8, 4) is 22.1 Å². The van der Waals surface area contributed by atoms with Crippen molar-refractivity contribution >= 4 is 28.9 Å². The third kappa shape index (κ3) is 5.77.